The standard InChI is InChI=1S/C17H21ClN4O/c1-2-3-22-14(23)12-13(21-16(22)18)20-15(19-12)17-7-9-4-10(8-17)6-11(17)5-9/h9-11H,2-8H2,1H3,(H,19,20). The maximum atomic E-state index is 12.7. The third-order valence-electron chi connectivity index (χ3n) is 6.47. The molecule has 4 aliphatic rings. The number of aromatic amines is 1. The summed E-state index contributed by atoms with van der Waals surface area (Å²) in [5.41, 5.74) is 1.10. The molecule has 122 valence electrons. The Labute approximate surface area is 139 Å². The predicted octanol–water partition coefficient (Wildman–Crippen LogP) is 3.26. The fourth-order valence-corrected chi connectivity index (χ4v) is 6.04. The number of halogens is 1. The summed E-state index contributed by atoms with van der Waals surface area (Å²) in [5, 5.41) is 0.247. The summed E-state index contributed by atoms with van der Waals surface area (Å²) in [5.74, 6) is 3.44. The quantitative estimate of drug-likeness (QED) is 0.877. The molecule has 1 N–H and O–H groups in total. The zero-order chi connectivity index (χ0) is 15.8. The summed E-state index contributed by atoms with van der Waals surface area (Å²) in [4.78, 5) is 25.2. The van der Waals surface area contributed by atoms with Crippen LogP contribution in [0.5, 0.6) is 0 Å². The predicted molar refractivity (Wildman–Crippen MR) is 88.7 cm³/mol. The van der Waals surface area contributed by atoms with Gasteiger partial charge >= 0.3 is 0 Å². The van der Waals surface area contributed by atoms with E-state index in [0.29, 0.717) is 17.7 Å². The Morgan fingerprint density at radius 1 is 1.26 bits per heavy atom. The number of rotatable bonds is 3. The summed E-state index contributed by atoms with van der Waals surface area (Å²) >= 11 is 6.19. The molecule has 4 saturated carbocycles. The van der Waals surface area contributed by atoms with E-state index in [2.05, 4.69) is 9.97 Å². The fourth-order valence-electron chi connectivity index (χ4n) is 5.80. The molecule has 0 saturated heterocycles. The Morgan fingerprint density at radius 2 is 2.00 bits per heavy atom. The van der Waals surface area contributed by atoms with Crippen LogP contribution in [-0.4, -0.2) is 19.5 Å². The van der Waals surface area contributed by atoms with E-state index < -0.39 is 0 Å². The van der Waals surface area contributed by atoms with Crippen molar-refractivity contribution >= 4 is 22.8 Å². The largest absolute Gasteiger partial charge is 0.336 e. The van der Waals surface area contributed by atoms with E-state index in [1.165, 1.54) is 32.1 Å². The van der Waals surface area contributed by atoms with E-state index in [-0.39, 0.29) is 16.3 Å². The van der Waals surface area contributed by atoms with Crippen LogP contribution in [0.1, 0.15) is 51.3 Å². The van der Waals surface area contributed by atoms with Crippen molar-refractivity contribution in [3.05, 3.63) is 21.5 Å². The number of imidazole rings is 1. The summed E-state index contributed by atoms with van der Waals surface area (Å²) < 4.78 is 1.54. The Kier molecular flexibility index (Phi) is 2.80. The highest BCUT2D eigenvalue weighted by atomic mass is 35.5. The first kappa shape index (κ1) is 14.0. The second-order valence-corrected chi connectivity index (χ2v) is 8.16. The Morgan fingerprint density at radius 3 is 2.70 bits per heavy atom. The molecule has 0 radical (unpaired) electrons. The van der Waals surface area contributed by atoms with Gasteiger partial charge in [0.15, 0.2) is 11.2 Å². The van der Waals surface area contributed by atoms with Crippen molar-refractivity contribution in [3.8, 4) is 0 Å². The van der Waals surface area contributed by atoms with Gasteiger partial charge in [0.05, 0.1) is 0 Å². The number of H-pyrrole nitrogens is 1. The van der Waals surface area contributed by atoms with E-state index >= 15 is 0 Å². The van der Waals surface area contributed by atoms with E-state index in [1.807, 2.05) is 6.92 Å². The Bertz CT molecular complexity index is 840. The van der Waals surface area contributed by atoms with Gasteiger partial charge in [-0.1, -0.05) is 6.92 Å². The average Bonchev–Trinajstić information content (AvgIpc) is 3.12. The molecular formula is C17H21ClN4O. The van der Waals surface area contributed by atoms with Gasteiger partial charge in [-0.2, -0.15) is 4.98 Å². The molecule has 6 rings (SSSR count). The van der Waals surface area contributed by atoms with Gasteiger partial charge in [0, 0.05) is 12.0 Å². The smallest absolute Gasteiger partial charge is 0.280 e. The van der Waals surface area contributed by atoms with Crippen LogP contribution < -0.4 is 5.56 Å². The van der Waals surface area contributed by atoms with Crippen LogP contribution in [0.3, 0.4) is 0 Å². The second kappa shape index (κ2) is 4.59. The molecule has 4 fully saturated rings. The van der Waals surface area contributed by atoms with Crippen LogP contribution in [0.2, 0.25) is 5.28 Å². The third kappa shape index (κ3) is 1.77. The molecule has 4 aliphatic carbocycles. The second-order valence-electron chi connectivity index (χ2n) is 7.82. The number of nitrogens with one attached hydrogen (secondary N) is 1. The Balaban J connectivity index is 1.67. The van der Waals surface area contributed by atoms with Crippen LogP contribution in [0.15, 0.2) is 4.79 Å². The highest BCUT2D eigenvalue weighted by Crippen LogP contribution is 2.65. The van der Waals surface area contributed by atoms with Gasteiger partial charge in [0.25, 0.3) is 5.56 Å². The molecule has 0 aromatic carbocycles. The number of nitrogens with zero attached hydrogens (tertiary/aromatic N) is 3. The summed E-state index contributed by atoms with van der Waals surface area (Å²) in [7, 11) is 0. The van der Waals surface area contributed by atoms with Crippen LogP contribution in [0.4, 0.5) is 0 Å². The summed E-state index contributed by atoms with van der Waals surface area (Å²) in [6, 6.07) is 0. The number of aromatic nitrogens is 4. The summed E-state index contributed by atoms with van der Waals surface area (Å²) in [6.45, 7) is 2.62. The Hall–Kier alpha value is -1.36. The molecule has 0 spiro atoms. The molecule has 23 heavy (non-hydrogen) atoms. The van der Waals surface area contributed by atoms with Gasteiger partial charge in [-0.25, -0.2) is 4.98 Å². The first-order valence-electron chi connectivity index (χ1n) is 8.77. The highest BCUT2D eigenvalue weighted by molar-refractivity contribution is 6.28. The molecule has 5 nitrogen and oxygen atoms in total. The van der Waals surface area contributed by atoms with Gasteiger partial charge in [-0.05, 0) is 67.9 Å². The molecule has 2 aromatic heterocycles. The first-order chi connectivity index (χ1) is 11.1. The normalized spacial score (nSPS) is 34.8. The van der Waals surface area contributed by atoms with Crippen molar-refractivity contribution in [2.75, 3.05) is 0 Å². The molecule has 6 heteroatoms. The van der Waals surface area contributed by atoms with Crippen LogP contribution in [0.25, 0.3) is 11.2 Å². The van der Waals surface area contributed by atoms with Gasteiger partial charge in [-0.15, -0.1) is 0 Å². The van der Waals surface area contributed by atoms with E-state index in [0.717, 1.165) is 30.0 Å². The number of hydrogen-bond donors (Lipinski definition) is 1. The third-order valence-corrected chi connectivity index (χ3v) is 6.76. The van der Waals surface area contributed by atoms with Crippen LogP contribution >= 0.6 is 11.6 Å². The zero-order valence-electron chi connectivity index (χ0n) is 13.3. The maximum Gasteiger partial charge on any atom is 0.280 e. The van der Waals surface area contributed by atoms with Crippen molar-refractivity contribution in [2.45, 2.75) is 57.4 Å². The summed E-state index contributed by atoms with van der Waals surface area (Å²) in [6.07, 6.45) is 7.37. The van der Waals surface area contributed by atoms with Crippen LogP contribution in [-0.2, 0) is 12.0 Å². The molecule has 0 aliphatic heterocycles. The SMILES string of the molecule is CCCn1c(Cl)nc2nc(C34CC5CC(CC3C5)C4)[nH]c2c1=O. The molecular weight excluding hydrogens is 312 g/mol. The highest BCUT2D eigenvalue weighted by Gasteiger charge is 2.59. The lowest BCUT2D eigenvalue weighted by molar-refractivity contribution is 0.262. The van der Waals surface area contributed by atoms with E-state index in [1.54, 1.807) is 4.57 Å². The average molecular weight is 333 g/mol. The first-order valence-corrected chi connectivity index (χ1v) is 9.15. The van der Waals surface area contributed by atoms with Gasteiger partial charge < -0.3 is 4.98 Å². The molecule has 2 heterocycles. The fraction of sp³-hybridized carbons (Fsp3) is 0.706. The monoisotopic (exact) mass is 332 g/mol. The van der Waals surface area contributed by atoms with E-state index in [4.69, 9.17) is 16.6 Å². The van der Waals surface area contributed by atoms with Gasteiger partial charge in [0.2, 0.25) is 5.28 Å². The maximum absolute atomic E-state index is 12.7. The van der Waals surface area contributed by atoms with Crippen molar-refractivity contribution in [1.29, 1.82) is 0 Å². The van der Waals surface area contributed by atoms with E-state index in [9.17, 15) is 4.79 Å². The van der Waals surface area contributed by atoms with Crippen molar-refractivity contribution in [2.24, 2.45) is 17.8 Å². The molecule has 2 unspecified atom stereocenters. The van der Waals surface area contributed by atoms with Crippen LogP contribution in [0, 0.1) is 17.8 Å². The number of fused-ring (bicyclic) bond motifs is 1. The topological polar surface area (TPSA) is 63.6 Å². The molecule has 4 bridgehead atoms. The molecule has 2 atom stereocenters. The lowest BCUT2D eigenvalue weighted by Crippen LogP contribution is -2.29. The van der Waals surface area contributed by atoms with Gasteiger partial charge in [0.1, 0.15) is 5.82 Å². The van der Waals surface area contributed by atoms with Crippen molar-refractivity contribution in [1.82, 2.24) is 19.5 Å². The van der Waals surface area contributed by atoms with Crippen molar-refractivity contribution in [3.63, 3.8) is 0 Å². The molecule has 2 aromatic rings. The minimum absolute atomic E-state index is 0.0882. The lowest BCUT2D eigenvalue weighted by Gasteiger charge is -2.30. The van der Waals surface area contributed by atoms with Gasteiger partial charge in [-0.3, -0.25) is 9.36 Å². The molecule has 0 amide bonds. The zero-order valence-corrected chi connectivity index (χ0v) is 14.1. The minimum Gasteiger partial charge on any atom is -0.336 e. The number of hydrogen-bond acceptors (Lipinski definition) is 3. The lowest BCUT2D eigenvalue weighted by atomic mass is 9.75. The van der Waals surface area contributed by atoms with Crippen molar-refractivity contribution < 1.29 is 0 Å². The minimum atomic E-state index is -0.0882.